The van der Waals surface area contributed by atoms with Crippen LogP contribution < -0.4 is 10.2 Å². The number of halogens is 1. The zero-order chi connectivity index (χ0) is 15.2. The molecule has 2 rings (SSSR count). The first-order chi connectivity index (χ1) is 10.1. The smallest absolute Gasteiger partial charge is 0.224 e. The molecule has 0 aromatic carbocycles. The van der Waals surface area contributed by atoms with Gasteiger partial charge < -0.3 is 10.2 Å². The van der Waals surface area contributed by atoms with Crippen molar-refractivity contribution >= 4 is 23.1 Å². The van der Waals surface area contributed by atoms with E-state index in [1.165, 1.54) is 11.1 Å². The summed E-state index contributed by atoms with van der Waals surface area (Å²) < 4.78 is 14.1. The quantitative estimate of drug-likeness (QED) is 0.842. The van der Waals surface area contributed by atoms with Crippen LogP contribution in [0.1, 0.15) is 32.1 Å². The molecule has 1 N–H and O–H groups in total. The SMILES string of the molecule is CCCNc1ncc(F)c(N(Cc2cccs2)C(C)C)n1. The van der Waals surface area contributed by atoms with Crippen molar-refractivity contribution in [2.75, 3.05) is 16.8 Å². The molecule has 21 heavy (non-hydrogen) atoms. The van der Waals surface area contributed by atoms with E-state index in [4.69, 9.17) is 0 Å². The molecule has 0 saturated heterocycles. The van der Waals surface area contributed by atoms with Gasteiger partial charge in [-0.2, -0.15) is 4.98 Å². The van der Waals surface area contributed by atoms with E-state index in [9.17, 15) is 4.39 Å². The molecule has 4 nitrogen and oxygen atoms in total. The van der Waals surface area contributed by atoms with Crippen LogP contribution in [0.4, 0.5) is 16.2 Å². The van der Waals surface area contributed by atoms with Crippen molar-refractivity contribution in [1.82, 2.24) is 9.97 Å². The maximum atomic E-state index is 14.1. The van der Waals surface area contributed by atoms with Gasteiger partial charge in [0, 0.05) is 17.5 Å². The molecule has 0 aliphatic heterocycles. The van der Waals surface area contributed by atoms with Crippen LogP contribution in [0.3, 0.4) is 0 Å². The van der Waals surface area contributed by atoms with Crippen molar-refractivity contribution < 1.29 is 4.39 Å². The minimum absolute atomic E-state index is 0.149. The summed E-state index contributed by atoms with van der Waals surface area (Å²) in [6.45, 7) is 7.56. The van der Waals surface area contributed by atoms with Crippen molar-refractivity contribution in [3.63, 3.8) is 0 Å². The van der Waals surface area contributed by atoms with Crippen molar-refractivity contribution in [3.8, 4) is 0 Å². The highest BCUT2D eigenvalue weighted by molar-refractivity contribution is 7.09. The van der Waals surface area contributed by atoms with Gasteiger partial charge in [0.2, 0.25) is 5.95 Å². The average molecular weight is 308 g/mol. The highest BCUT2D eigenvalue weighted by atomic mass is 32.1. The number of rotatable bonds is 7. The lowest BCUT2D eigenvalue weighted by Crippen LogP contribution is -2.31. The predicted octanol–water partition coefficient (Wildman–Crippen LogP) is 3.91. The van der Waals surface area contributed by atoms with Crippen molar-refractivity contribution in [1.29, 1.82) is 0 Å². The standard InChI is InChI=1S/C15H21FN4S/c1-4-7-17-15-18-9-13(16)14(19-15)20(11(2)3)10-12-6-5-8-21-12/h5-6,8-9,11H,4,7,10H2,1-3H3,(H,17,18,19). The van der Waals surface area contributed by atoms with Crippen molar-refractivity contribution in [2.24, 2.45) is 0 Å². The summed E-state index contributed by atoms with van der Waals surface area (Å²) in [5.74, 6) is 0.444. The Morgan fingerprint density at radius 1 is 1.43 bits per heavy atom. The summed E-state index contributed by atoms with van der Waals surface area (Å²) >= 11 is 1.66. The molecule has 2 heterocycles. The van der Waals surface area contributed by atoms with Crippen LogP contribution in [-0.4, -0.2) is 22.6 Å². The van der Waals surface area contributed by atoms with Crippen LogP contribution in [0.5, 0.6) is 0 Å². The second-order valence-electron chi connectivity index (χ2n) is 5.09. The van der Waals surface area contributed by atoms with Gasteiger partial charge in [-0.1, -0.05) is 13.0 Å². The van der Waals surface area contributed by atoms with E-state index in [1.54, 1.807) is 11.3 Å². The minimum atomic E-state index is -0.387. The van der Waals surface area contributed by atoms with Crippen LogP contribution >= 0.6 is 11.3 Å². The zero-order valence-electron chi connectivity index (χ0n) is 12.6. The van der Waals surface area contributed by atoms with E-state index in [1.807, 2.05) is 30.2 Å². The lowest BCUT2D eigenvalue weighted by Gasteiger charge is -2.27. The van der Waals surface area contributed by atoms with Gasteiger partial charge in [-0.3, -0.25) is 0 Å². The monoisotopic (exact) mass is 308 g/mol. The normalized spacial score (nSPS) is 10.9. The van der Waals surface area contributed by atoms with Gasteiger partial charge >= 0.3 is 0 Å². The maximum Gasteiger partial charge on any atom is 0.224 e. The van der Waals surface area contributed by atoms with Gasteiger partial charge in [-0.15, -0.1) is 11.3 Å². The molecule has 2 aromatic rings. The summed E-state index contributed by atoms with van der Waals surface area (Å²) in [7, 11) is 0. The number of aromatic nitrogens is 2. The lowest BCUT2D eigenvalue weighted by molar-refractivity contribution is 0.583. The molecule has 0 unspecified atom stereocenters. The van der Waals surface area contributed by atoms with Gasteiger partial charge in [0.25, 0.3) is 0 Å². The fraction of sp³-hybridized carbons (Fsp3) is 0.467. The van der Waals surface area contributed by atoms with Gasteiger partial charge in [-0.25, -0.2) is 9.37 Å². The first-order valence-corrected chi connectivity index (χ1v) is 8.05. The van der Waals surface area contributed by atoms with E-state index in [2.05, 4.69) is 28.3 Å². The summed E-state index contributed by atoms with van der Waals surface area (Å²) in [5, 5.41) is 5.13. The summed E-state index contributed by atoms with van der Waals surface area (Å²) in [6.07, 6.45) is 2.21. The van der Waals surface area contributed by atoms with E-state index < -0.39 is 0 Å². The Hall–Kier alpha value is -1.69. The fourth-order valence-electron chi connectivity index (χ4n) is 1.95. The molecule has 0 amide bonds. The van der Waals surface area contributed by atoms with Crippen LogP contribution in [0.15, 0.2) is 23.7 Å². The first-order valence-electron chi connectivity index (χ1n) is 7.17. The Kier molecular flexibility index (Phi) is 5.50. The highest BCUT2D eigenvalue weighted by Gasteiger charge is 2.18. The third-order valence-corrected chi connectivity index (χ3v) is 3.92. The Bertz CT molecular complexity index is 557. The third kappa shape index (κ3) is 4.14. The van der Waals surface area contributed by atoms with Crippen LogP contribution in [-0.2, 0) is 6.54 Å². The van der Waals surface area contributed by atoms with Crippen molar-refractivity contribution in [3.05, 3.63) is 34.4 Å². The number of nitrogens with zero attached hydrogens (tertiary/aromatic N) is 3. The van der Waals surface area contributed by atoms with Crippen LogP contribution in [0.2, 0.25) is 0 Å². The molecule has 0 aliphatic rings. The third-order valence-electron chi connectivity index (χ3n) is 3.06. The van der Waals surface area contributed by atoms with Gasteiger partial charge in [-0.05, 0) is 31.7 Å². The molecule has 2 aromatic heterocycles. The van der Waals surface area contributed by atoms with E-state index >= 15 is 0 Å². The molecular formula is C15H21FN4S. The average Bonchev–Trinajstić information content (AvgIpc) is 2.97. The van der Waals surface area contributed by atoms with Crippen molar-refractivity contribution in [2.45, 2.75) is 39.8 Å². The fourth-order valence-corrected chi connectivity index (χ4v) is 2.66. The molecule has 0 fully saturated rings. The number of thiophene rings is 1. The van der Waals surface area contributed by atoms with Gasteiger partial charge in [0.05, 0.1) is 12.7 Å². The second kappa shape index (κ2) is 7.36. The number of hydrogen-bond donors (Lipinski definition) is 1. The molecule has 0 radical (unpaired) electrons. The summed E-state index contributed by atoms with van der Waals surface area (Å²) in [6, 6.07) is 4.20. The predicted molar refractivity (Wildman–Crippen MR) is 86.4 cm³/mol. The molecule has 0 bridgehead atoms. The van der Waals surface area contributed by atoms with E-state index in [0.717, 1.165) is 13.0 Å². The largest absolute Gasteiger partial charge is 0.354 e. The van der Waals surface area contributed by atoms with E-state index in [0.29, 0.717) is 18.3 Å². The summed E-state index contributed by atoms with van der Waals surface area (Å²) in [4.78, 5) is 11.5. The van der Waals surface area contributed by atoms with Crippen LogP contribution in [0, 0.1) is 5.82 Å². The second-order valence-corrected chi connectivity index (χ2v) is 6.13. The number of hydrogen-bond acceptors (Lipinski definition) is 5. The number of anilines is 2. The molecule has 6 heteroatoms. The minimum Gasteiger partial charge on any atom is -0.354 e. The Labute approximate surface area is 129 Å². The Morgan fingerprint density at radius 3 is 2.86 bits per heavy atom. The summed E-state index contributed by atoms with van der Waals surface area (Å²) in [5.41, 5.74) is 0. The topological polar surface area (TPSA) is 41.1 Å². The number of nitrogens with one attached hydrogen (secondary N) is 1. The first kappa shape index (κ1) is 15.7. The molecule has 0 atom stereocenters. The van der Waals surface area contributed by atoms with E-state index in [-0.39, 0.29) is 11.9 Å². The molecule has 114 valence electrons. The van der Waals surface area contributed by atoms with Gasteiger partial charge in [0.1, 0.15) is 0 Å². The Morgan fingerprint density at radius 2 is 2.24 bits per heavy atom. The molecule has 0 saturated carbocycles. The molecule has 0 aliphatic carbocycles. The van der Waals surface area contributed by atoms with Crippen LogP contribution in [0.25, 0.3) is 0 Å². The highest BCUT2D eigenvalue weighted by Crippen LogP contribution is 2.23. The molecular weight excluding hydrogens is 287 g/mol. The molecule has 0 spiro atoms. The Balaban J connectivity index is 2.26. The maximum absolute atomic E-state index is 14.1. The zero-order valence-corrected chi connectivity index (χ0v) is 13.5. The lowest BCUT2D eigenvalue weighted by atomic mass is 10.3. The van der Waals surface area contributed by atoms with Gasteiger partial charge in [0.15, 0.2) is 11.6 Å².